The van der Waals surface area contributed by atoms with Crippen LogP contribution < -0.4 is 10.2 Å². The zero-order chi connectivity index (χ0) is 19.0. The highest BCUT2D eigenvalue weighted by Gasteiger charge is 2.43. The lowest BCUT2D eigenvalue weighted by atomic mass is 9.87. The molecule has 1 heterocycles. The number of aromatic hydroxyl groups is 1. The van der Waals surface area contributed by atoms with E-state index in [0.717, 1.165) is 0 Å². The summed E-state index contributed by atoms with van der Waals surface area (Å²) in [6, 6.07) is 6.01. The van der Waals surface area contributed by atoms with E-state index in [0.29, 0.717) is 17.7 Å². The van der Waals surface area contributed by atoms with Crippen LogP contribution in [-0.2, 0) is 12.8 Å². The van der Waals surface area contributed by atoms with Gasteiger partial charge in [-0.3, -0.25) is 4.79 Å². The van der Waals surface area contributed by atoms with E-state index < -0.39 is 29.8 Å². The minimum Gasteiger partial charge on any atom is -0.508 e. The Balaban J connectivity index is 1.87. The number of methoxy groups -OCH3 is 1. The average Bonchev–Trinajstić information content (AvgIpc) is 2.63. The molecule has 2 aromatic rings. The van der Waals surface area contributed by atoms with Crippen LogP contribution in [0.25, 0.3) is 0 Å². The third-order valence-electron chi connectivity index (χ3n) is 4.56. The second-order valence-electron chi connectivity index (χ2n) is 6.22. The first-order valence-electron chi connectivity index (χ1n) is 8.08. The Kier molecular flexibility index (Phi) is 5.01. The largest absolute Gasteiger partial charge is 0.508 e. The van der Waals surface area contributed by atoms with Crippen LogP contribution >= 0.6 is 0 Å². The number of hydrogen-bond acceptors (Lipinski definition) is 8. The fourth-order valence-corrected chi connectivity index (χ4v) is 3.04. The van der Waals surface area contributed by atoms with E-state index in [2.05, 4.69) is 0 Å². The standard InChI is InChI=1S/C18H20O8/c1-25-9-4-2-8(11(19)6-9)3-5-10-7-12(20)13-14(21)15(22)16(23)17(24)18(13)26-10/h2,4,6-7,14-17,19,21-24H,3,5H2,1H3/t14-,15+,16+,17-/m1/s1. The first-order valence-corrected chi connectivity index (χ1v) is 8.08. The molecular weight excluding hydrogens is 344 g/mol. The molecule has 0 aliphatic heterocycles. The van der Waals surface area contributed by atoms with E-state index >= 15 is 0 Å². The summed E-state index contributed by atoms with van der Waals surface area (Å²) in [5, 5.41) is 49.5. The molecule has 1 aromatic heterocycles. The van der Waals surface area contributed by atoms with Crippen molar-refractivity contribution in [1.82, 2.24) is 0 Å². The zero-order valence-corrected chi connectivity index (χ0v) is 14.0. The summed E-state index contributed by atoms with van der Waals surface area (Å²) in [6.45, 7) is 0. The first kappa shape index (κ1) is 18.4. The maximum Gasteiger partial charge on any atom is 0.191 e. The highest BCUT2D eigenvalue weighted by Crippen LogP contribution is 2.35. The second kappa shape index (κ2) is 7.08. The molecule has 0 bridgehead atoms. The molecule has 0 saturated carbocycles. The normalized spacial score (nSPS) is 25.0. The summed E-state index contributed by atoms with van der Waals surface area (Å²) in [5.74, 6) is 0.519. The van der Waals surface area contributed by atoms with Crippen molar-refractivity contribution in [2.24, 2.45) is 0 Å². The molecule has 5 N–H and O–H groups in total. The third kappa shape index (κ3) is 3.19. The number of rotatable bonds is 4. The predicted octanol–water partition coefficient (Wildman–Crippen LogP) is -0.0586. The van der Waals surface area contributed by atoms with Crippen molar-refractivity contribution in [1.29, 1.82) is 0 Å². The molecule has 8 heteroatoms. The van der Waals surface area contributed by atoms with Crippen LogP contribution in [0.5, 0.6) is 11.5 Å². The van der Waals surface area contributed by atoms with Gasteiger partial charge in [-0.2, -0.15) is 0 Å². The summed E-state index contributed by atoms with van der Waals surface area (Å²) in [7, 11) is 1.49. The molecule has 1 aromatic carbocycles. The van der Waals surface area contributed by atoms with Crippen LogP contribution in [-0.4, -0.2) is 44.9 Å². The van der Waals surface area contributed by atoms with Gasteiger partial charge in [-0.05, 0) is 18.1 Å². The van der Waals surface area contributed by atoms with Gasteiger partial charge in [-0.25, -0.2) is 0 Å². The third-order valence-corrected chi connectivity index (χ3v) is 4.56. The summed E-state index contributed by atoms with van der Waals surface area (Å²) in [6.07, 6.45) is -6.01. The number of benzene rings is 1. The van der Waals surface area contributed by atoms with E-state index in [1.54, 1.807) is 12.1 Å². The minimum absolute atomic E-state index is 0.0404. The molecule has 0 spiro atoms. The van der Waals surface area contributed by atoms with Crippen molar-refractivity contribution in [3.05, 3.63) is 57.1 Å². The van der Waals surface area contributed by atoms with E-state index in [1.165, 1.54) is 19.2 Å². The number of hydrogen-bond donors (Lipinski definition) is 5. The molecule has 8 nitrogen and oxygen atoms in total. The quantitative estimate of drug-likeness (QED) is 0.508. The summed E-state index contributed by atoms with van der Waals surface area (Å²) < 4.78 is 10.5. The summed E-state index contributed by atoms with van der Waals surface area (Å²) >= 11 is 0. The molecule has 140 valence electrons. The molecule has 4 atom stereocenters. The number of phenols is 1. The van der Waals surface area contributed by atoms with Gasteiger partial charge >= 0.3 is 0 Å². The van der Waals surface area contributed by atoms with Crippen molar-refractivity contribution >= 4 is 0 Å². The predicted molar refractivity (Wildman–Crippen MR) is 89.0 cm³/mol. The summed E-state index contributed by atoms with van der Waals surface area (Å²) in [5.41, 5.74) is -0.244. The van der Waals surface area contributed by atoms with Crippen LogP contribution in [0.4, 0.5) is 0 Å². The Morgan fingerprint density at radius 3 is 2.38 bits per heavy atom. The highest BCUT2D eigenvalue weighted by molar-refractivity contribution is 5.40. The Morgan fingerprint density at radius 1 is 1.04 bits per heavy atom. The first-order chi connectivity index (χ1) is 12.3. The molecule has 0 amide bonds. The maximum atomic E-state index is 12.3. The number of aliphatic hydroxyl groups is 4. The topological polar surface area (TPSA) is 141 Å². The van der Waals surface area contributed by atoms with Crippen LogP contribution in [0.15, 0.2) is 33.5 Å². The van der Waals surface area contributed by atoms with Gasteiger partial charge in [0, 0.05) is 18.6 Å². The SMILES string of the molecule is COc1ccc(CCc2cc(=O)c3c(o2)[C@H](O)[C@@H](O)[C@@H](O)[C@@H]3O)c(O)c1. The molecule has 26 heavy (non-hydrogen) atoms. The maximum absolute atomic E-state index is 12.3. The number of ether oxygens (including phenoxy) is 1. The van der Waals surface area contributed by atoms with Crippen LogP contribution in [0.2, 0.25) is 0 Å². The minimum atomic E-state index is -1.68. The second-order valence-corrected chi connectivity index (χ2v) is 6.22. The van der Waals surface area contributed by atoms with Crippen LogP contribution in [0.1, 0.15) is 34.9 Å². The number of aryl methyl sites for hydroxylation is 2. The van der Waals surface area contributed by atoms with Crippen LogP contribution in [0.3, 0.4) is 0 Å². The van der Waals surface area contributed by atoms with E-state index in [9.17, 15) is 30.3 Å². The Hall–Kier alpha value is -2.39. The van der Waals surface area contributed by atoms with Crippen molar-refractivity contribution in [3.8, 4) is 11.5 Å². The lowest BCUT2D eigenvalue weighted by molar-refractivity contribution is -0.128. The fourth-order valence-electron chi connectivity index (χ4n) is 3.04. The van der Waals surface area contributed by atoms with Gasteiger partial charge in [0.15, 0.2) is 5.43 Å². The molecule has 3 rings (SSSR count). The van der Waals surface area contributed by atoms with Crippen molar-refractivity contribution < 1.29 is 34.7 Å². The van der Waals surface area contributed by atoms with E-state index in [-0.39, 0.29) is 29.3 Å². The molecule has 0 unspecified atom stereocenters. The highest BCUT2D eigenvalue weighted by atomic mass is 16.5. The van der Waals surface area contributed by atoms with Gasteiger partial charge in [-0.15, -0.1) is 0 Å². The van der Waals surface area contributed by atoms with Crippen LogP contribution in [0, 0.1) is 0 Å². The Labute approximate surface area is 148 Å². The monoisotopic (exact) mass is 364 g/mol. The van der Waals surface area contributed by atoms with Gasteiger partial charge in [0.05, 0.1) is 12.7 Å². The molecular formula is C18H20O8. The van der Waals surface area contributed by atoms with Crippen molar-refractivity contribution in [2.45, 2.75) is 37.3 Å². The average molecular weight is 364 g/mol. The molecule has 0 radical (unpaired) electrons. The number of fused-ring (bicyclic) bond motifs is 1. The van der Waals surface area contributed by atoms with Gasteiger partial charge in [0.2, 0.25) is 0 Å². The Morgan fingerprint density at radius 2 is 1.73 bits per heavy atom. The zero-order valence-electron chi connectivity index (χ0n) is 14.0. The van der Waals surface area contributed by atoms with E-state index in [1.807, 2.05) is 0 Å². The van der Waals surface area contributed by atoms with Gasteiger partial charge < -0.3 is 34.7 Å². The molecule has 0 saturated heterocycles. The fraction of sp³-hybridized carbons (Fsp3) is 0.389. The van der Waals surface area contributed by atoms with Gasteiger partial charge in [0.25, 0.3) is 0 Å². The van der Waals surface area contributed by atoms with Crippen molar-refractivity contribution in [2.75, 3.05) is 7.11 Å². The molecule has 1 aliphatic rings. The molecule has 1 aliphatic carbocycles. The lowest BCUT2D eigenvalue weighted by Crippen LogP contribution is -2.44. The van der Waals surface area contributed by atoms with E-state index in [4.69, 9.17) is 9.15 Å². The van der Waals surface area contributed by atoms with Gasteiger partial charge in [0.1, 0.15) is 47.4 Å². The van der Waals surface area contributed by atoms with Gasteiger partial charge in [-0.1, -0.05) is 6.07 Å². The number of aliphatic hydroxyl groups excluding tert-OH is 4. The smallest absolute Gasteiger partial charge is 0.191 e. The van der Waals surface area contributed by atoms with Crippen molar-refractivity contribution in [3.63, 3.8) is 0 Å². The lowest BCUT2D eigenvalue weighted by Gasteiger charge is -2.32. The summed E-state index contributed by atoms with van der Waals surface area (Å²) in [4.78, 5) is 12.3. The molecule has 0 fully saturated rings. The Bertz CT molecular complexity index is 859. The number of phenolic OH excluding ortho intramolecular Hbond substituents is 1.